The first-order valence-electron chi connectivity index (χ1n) is 20.8. The van der Waals surface area contributed by atoms with Crippen molar-refractivity contribution in [2.75, 3.05) is 4.90 Å². The molecule has 5 nitrogen and oxygen atoms in total. The van der Waals surface area contributed by atoms with Crippen molar-refractivity contribution in [3.63, 3.8) is 0 Å². The molecule has 8 aromatic rings. The summed E-state index contributed by atoms with van der Waals surface area (Å²) < 4.78 is 50.1. The fourth-order valence-electron chi connectivity index (χ4n) is 9.07. The van der Waals surface area contributed by atoms with Gasteiger partial charge in [0.05, 0.1) is 17.0 Å². The molecule has 5 aromatic carbocycles. The quantitative estimate of drug-likeness (QED) is 0.165. The summed E-state index contributed by atoms with van der Waals surface area (Å²) in [5, 5.41) is 7.34. The van der Waals surface area contributed by atoms with Gasteiger partial charge >= 0.3 is 21.1 Å². The SMILES string of the molecule is CC(C)(C)c1ccnc(-n2c3[c-]c(N4c5[c-]c(-n6nc(C(C)(C)C)c(-c7c(F)cc(F)cc7F)c6C(C)(C)C)ccc5C(C)(C)c5ccccc54)ccc3c3ccccc32)c1.[Pt+2]. The molecular weight excluding hydrogens is 959 g/mol. The molecule has 0 amide bonds. The van der Waals surface area contributed by atoms with E-state index in [0.29, 0.717) is 22.6 Å². The zero-order valence-electron chi connectivity index (χ0n) is 37.0. The second-order valence-electron chi connectivity index (χ2n) is 19.9. The Labute approximate surface area is 376 Å². The summed E-state index contributed by atoms with van der Waals surface area (Å²) in [6.45, 7) is 22.9. The number of hydrogen-bond acceptors (Lipinski definition) is 3. The van der Waals surface area contributed by atoms with Crippen LogP contribution in [0.2, 0.25) is 0 Å². The van der Waals surface area contributed by atoms with Gasteiger partial charge in [-0.25, -0.2) is 18.2 Å². The Morgan fingerprint density at radius 1 is 0.629 bits per heavy atom. The molecule has 0 radical (unpaired) electrons. The molecule has 0 saturated heterocycles. The maximum absolute atomic E-state index is 15.9. The molecule has 62 heavy (non-hydrogen) atoms. The molecule has 0 N–H and O–H groups in total. The molecule has 0 fully saturated rings. The van der Waals surface area contributed by atoms with E-state index in [2.05, 4.69) is 129 Å². The predicted molar refractivity (Wildman–Crippen MR) is 242 cm³/mol. The van der Waals surface area contributed by atoms with Crippen LogP contribution in [0, 0.1) is 29.6 Å². The maximum atomic E-state index is 15.9. The van der Waals surface area contributed by atoms with E-state index in [1.165, 1.54) is 5.56 Å². The minimum absolute atomic E-state index is 0. The van der Waals surface area contributed by atoms with Gasteiger partial charge in [0.25, 0.3) is 0 Å². The molecule has 0 spiro atoms. The van der Waals surface area contributed by atoms with Crippen LogP contribution in [0.15, 0.2) is 103 Å². The predicted octanol–water partition coefficient (Wildman–Crippen LogP) is 14.0. The summed E-state index contributed by atoms with van der Waals surface area (Å²) in [7, 11) is 0. The van der Waals surface area contributed by atoms with Gasteiger partial charge in [0.15, 0.2) is 0 Å². The fraction of sp³-hybridized carbons (Fsp3) is 0.283. The Hall–Kier alpha value is -5.46. The number of aromatic nitrogens is 4. The number of rotatable bonds is 4. The molecule has 0 unspecified atom stereocenters. The summed E-state index contributed by atoms with van der Waals surface area (Å²) in [5.74, 6) is -2.11. The molecule has 0 aliphatic carbocycles. The van der Waals surface area contributed by atoms with Crippen LogP contribution < -0.4 is 4.90 Å². The maximum Gasteiger partial charge on any atom is 2.00 e. The average molecular weight is 1010 g/mol. The minimum atomic E-state index is -0.976. The van der Waals surface area contributed by atoms with Gasteiger partial charge in [-0.2, -0.15) is 17.2 Å². The van der Waals surface area contributed by atoms with Crippen LogP contribution in [0.25, 0.3) is 44.4 Å². The molecule has 4 heterocycles. The molecule has 0 atom stereocenters. The Balaban J connectivity index is 0.00000529. The van der Waals surface area contributed by atoms with Gasteiger partial charge < -0.3 is 9.47 Å². The summed E-state index contributed by atoms with van der Waals surface area (Å²) in [5.41, 5.74) is 7.79. The van der Waals surface area contributed by atoms with Crippen molar-refractivity contribution < 1.29 is 34.2 Å². The van der Waals surface area contributed by atoms with E-state index in [0.717, 1.165) is 67.9 Å². The number of pyridine rings is 1. The molecule has 9 heteroatoms. The van der Waals surface area contributed by atoms with Crippen molar-refractivity contribution >= 4 is 38.9 Å². The summed E-state index contributed by atoms with van der Waals surface area (Å²) in [6.07, 6.45) is 1.88. The number of nitrogens with zero attached hydrogens (tertiary/aromatic N) is 5. The zero-order valence-corrected chi connectivity index (χ0v) is 39.3. The first-order chi connectivity index (χ1) is 28.7. The Morgan fingerprint density at radius 2 is 1.29 bits per heavy atom. The van der Waals surface area contributed by atoms with Gasteiger partial charge in [0, 0.05) is 45.9 Å². The number of para-hydroxylation sites is 2. The fourth-order valence-corrected chi connectivity index (χ4v) is 9.07. The minimum Gasteiger partial charge on any atom is -0.358 e. The van der Waals surface area contributed by atoms with E-state index in [1.54, 1.807) is 4.68 Å². The summed E-state index contributed by atoms with van der Waals surface area (Å²) >= 11 is 0. The van der Waals surface area contributed by atoms with Gasteiger partial charge in [0.2, 0.25) is 0 Å². The van der Waals surface area contributed by atoms with E-state index in [4.69, 9.17) is 10.1 Å². The summed E-state index contributed by atoms with van der Waals surface area (Å²) in [4.78, 5) is 7.13. The van der Waals surface area contributed by atoms with E-state index in [9.17, 15) is 4.39 Å². The smallest absolute Gasteiger partial charge is 0.358 e. The second-order valence-corrected chi connectivity index (χ2v) is 19.9. The average Bonchev–Trinajstić information content (AvgIpc) is 3.75. The van der Waals surface area contributed by atoms with E-state index < -0.39 is 33.7 Å². The van der Waals surface area contributed by atoms with Crippen LogP contribution in [-0.2, 0) is 42.7 Å². The Kier molecular flexibility index (Phi) is 10.3. The molecule has 1 aliphatic rings. The number of fused-ring (bicyclic) bond motifs is 5. The Bertz CT molecular complexity index is 3040. The number of benzene rings is 5. The van der Waals surface area contributed by atoms with Gasteiger partial charge in [-0.15, -0.1) is 35.2 Å². The first-order valence-corrected chi connectivity index (χ1v) is 20.8. The van der Waals surface area contributed by atoms with Gasteiger partial charge in [-0.1, -0.05) is 129 Å². The van der Waals surface area contributed by atoms with Crippen molar-refractivity contribution in [1.29, 1.82) is 0 Å². The number of anilines is 3. The van der Waals surface area contributed by atoms with Crippen LogP contribution in [0.5, 0.6) is 0 Å². The largest absolute Gasteiger partial charge is 2.00 e. The molecule has 3 aromatic heterocycles. The molecule has 0 bridgehead atoms. The van der Waals surface area contributed by atoms with Crippen molar-refractivity contribution in [1.82, 2.24) is 19.3 Å². The number of halogens is 3. The molecule has 318 valence electrons. The van der Waals surface area contributed by atoms with E-state index in [1.807, 2.05) is 59.9 Å². The standard InChI is InChI=1S/C53H50F3N5.Pt/c1-50(2,3)31-24-25-57-45(26-31)60-41-18-14-12-16-35(41)36-22-20-33(29-43(36)60)59-42-19-15-13-17-37(42)53(10,11)38-23-21-34(30-44(38)59)61-49(52(7,8)9)47(48(58-61)51(4,5)6)46-39(55)27-32(54)28-40(46)56;/h12-28H,1-11H3;/q-2;+2. The van der Waals surface area contributed by atoms with Gasteiger partial charge in [0.1, 0.15) is 23.3 Å². The van der Waals surface area contributed by atoms with Crippen molar-refractivity contribution in [2.45, 2.75) is 97.8 Å². The van der Waals surface area contributed by atoms with Crippen molar-refractivity contribution in [2.24, 2.45) is 0 Å². The summed E-state index contributed by atoms with van der Waals surface area (Å²) in [6, 6.07) is 38.6. The monoisotopic (exact) mass is 1010 g/mol. The third kappa shape index (κ3) is 6.90. The molecule has 9 rings (SSSR count). The third-order valence-corrected chi connectivity index (χ3v) is 12.1. The molecule has 1 aliphatic heterocycles. The number of hydrogen-bond donors (Lipinski definition) is 0. The molecule has 0 saturated carbocycles. The zero-order chi connectivity index (χ0) is 43.6. The van der Waals surface area contributed by atoms with E-state index >= 15 is 8.78 Å². The van der Waals surface area contributed by atoms with E-state index in [-0.39, 0.29) is 32.0 Å². The van der Waals surface area contributed by atoms with Crippen molar-refractivity contribution in [3.8, 4) is 22.6 Å². The van der Waals surface area contributed by atoms with Crippen molar-refractivity contribution in [3.05, 3.63) is 161 Å². The third-order valence-electron chi connectivity index (χ3n) is 12.1. The van der Waals surface area contributed by atoms with Crippen LogP contribution in [0.3, 0.4) is 0 Å². The second kappa shape index (κ2) is 14.8. The van der Waals surface area contributed by atoms with Crippen LogP contribution in [0.4, 0.5) is 30.2 Å². The van der Waals surface area contributed by atoms with Crippen LogP contribution in [0.1, 0.15) is 104 Å². The van der Waals surface area contributed by atoms with Crippen LogP contribution >= 0.6 is 0 Å². The van der Waals surface area contributed by atoms with Gasteiger partial charge in [-0.05, 0) is 57.3 Å². The molecular formula is C53H50F3N5Pt. The topological polar surface area (TPSA) is 38.9 Å². The van der Waals surface area contributed by atoms with Gasteiger partial charge in [-0.3, -0.25) is 4.68 Å². The Morgan fingerprint density at radius 3 is 1.97 bits per heavy atom. The van der Waals surface area contributed by atoms with Crippen LogP contribution in [-0.4, -0.2) is 19.3 Å². The first kappa shape index (κ1) is 43.2. The normalized spacial score (nSPS) is 13.9.